The predicted octanol–water partition coefficient (Wildman–Crippen LogP) is 2.66. The first-order chi connectivity index (χ1) is 12.1. The van der Waals surface area contributed by atoms with E-state index in [0.29, 0.717) is 17.4 Å². The minimum atomic E-state index is -0.151. The summed E-state index contributed by atoms with van der Waals surface area (Å²) in [4.78, 5) is 13.3. The molecule has 6 nitrogen and oxygen atoms in total. The van der Waals surface area contributed by atoms with Crippen LogP contribution in [-0.2, 0) is 17.8 Å². The van der Waals surface area contributed by atoms with E-state index >= 15 is 0 Å². The van der Waals surface area contributed by atoms with Crippen LogP contribution in [-0.4, -0.2) is 32.7 Å². The Bertz CT molecular complexity index is 843. The van der Waals surface area contributed by atoms with Gasteiger partial charge in [-0.3, -0.25) is 4.79 Å². The lowest BCUT2D eigenvalue weighted by Gasteiger charge is -2.04. The van der Waals surface area contributed by atoms with Crippen molar-refractivity contribution in [1.82, 2.24) is 25.5 Å². The standard InChI is InChI=1S/C18H18ClN5O/c1-13-2-6-15(7-3-13)18-21-23-24(22-18)12-17(25)20-11-10-14-4-8-16(19)9-5-14/h2-9H,10-12H2,1H3,(H,20,25). The molecule has 0 aliphatic rings. The molecule has 0 atom stereocenters. The van der Waals surface area contributed by atoms with Gasteiger partial charge in [-0.2, -0.15) is 4.80 Å². The minimum absolute atomic E-state index is 0.0411. The molecule has 0 saturated heterocycles. The highest BCUT2D eigenvalue weighted by atomic mass is 35.5. The van der Waals surface area contributed by atoms with Crippen molar-refractivity contribution in [2.75, 3.05) is 6.54 Å². The second-order valence-corrected chi connectivity index (χ2v) is 6.17. The maximum atomic E-state index is 12.0. The Balaban J connectivity index is 1.49. The highest BCUT2D eigenvalue weighted by molar-refractivity contribution is 6.30. The molecule has 0 radical (unpaired) electrons. The number of hydrogen-bond donors (Lipinski definition) is 1. The molecule has 0 bridgehead atoms. The van der Waals surface area contributed by atoms with Crippen LogP contribution in [0.15, 0.2) is 48.5 Å². The SMILES string of the molecule is Cc1ccc(-c2nnn(CC(=O)NCCc3ccc(Cl)cc3)n2)cc1. The van der Waals surface area contributed by atoms with E-state index in [1.165, 1.54) is 4.80 Å². The summed E-state index contributed by atoms with van der Waals surface area (Å²) in [6.07, 6.45) is 0.738. The number of nitrogens with zero attached hydrogens (tertiary/aromatic N) is 4. The van der Waals surface area contributed by atoms with Gasteiger partial charge in [-0.1, -0.05) is 53.6 Å². The van der Waals surface area contributed by atoms with E-state index in [1.54, 1.807) is 0 Å². The summed E-state index contributed by atoms with van der Waals surface area (Å²) < 4.78 is 0. The average Bonchev–Trinajstić information content (AvgIpc) is 3.06. The lowest BCUT2D eigenvalue weighted by atomic mass is 10.1. The van der Waals surface area contributed by atoms with Crippen molar-refractivity contribution in [1.29, 1.82) is 0 Å². The lowest BCUT2D eigenvalue weighted by molar-refractivity contribution is -0.122. The van der Waals surface area contributed by atoms with Crippen molar-refractivity contribution < 1.29 is 4.79 Å². The Labute approximate surface area is 150 Å². The van der Waals surface area contributed by atoms with Crippen LogP contribution in [0.3, 0.4) is 0 Å². The van der Waals surface area contributed by atoms with E-state index in [2.05, 4.69) is 20.7 Å². The fourth-order valence-electron chi connectivity index (χ4n) is 2.31. The van der Waals surface area contributed by atoms with Crippen LogP contribution >= 0.6 is 11.6 Å². The molecule has 7 heteroatoms. The van der Waals surface area contributed by atoms with Gasteiger partial charge in [0.05, 0.1) is 0 Å². The molecular weight excluding hydrogens is 338 g/mol. The Morgan fingerprint density at radius 2 is 1.84 bits per heavy atom. The van der Waals surface area contributed by atoms with Gasteiger partial charge in [-0.05, 0) is 36.3 Å². The molecule has 1 N–H and O–H groups in total. The highest BCUT2D eigenvalue weighted by Crippen LogP contribution is 2.13. The number of benzene rings is 2. The Morgan fingerprint density at radius 1 is 1.12 bits per heavy atom. The number of aryl methyl sites for hydroxylation is 1. The summed E-state index contributed by atoms with van der Waals surface area (Å²) in [5, 5.41) is 15.7. The van der Waals surface area contributed by atoms with E-state index in [0.717, 1.165) is 23.1 Å². The first-order valence-electron chi connectivity index (χ1n) is 7.96. The van der Waals surface area contributed by atoms with Crippen LogP contribution in [0.1, 0.15) is 11.1 Å². The third-order valence-corrected chi connectivity index (χ3v) is 3.95. The zero-order chi connectivity index (χ0) is 17.6. The van der Waals surface area contributed by atoms with Crippen LogP contribution in [0.4, 0.5) is 0 Å². The monoisotopic (exact) mass is 355 g/mol. The van der Waals surface area contributed by atoms with E-state index in [4.69, 9.17) is 11.6 Å². The van der Waals surface area contributed by atoms with Crippen LogP contribution < -0.4 is 5.32 Å². The van der Waals surface area contributed by atoms with Gasteiger partial charge in [-0.15, -0.1) is 10.2 Å². The van der Waals surface area contributed by atoms with Gasteiger partial charge >= 0.3 is 0 Å². The van der Waals surface area contributed by atoms with Gasteiger partial charge in [0.2, 0.25) is 11.7 Å². The molecule has 1 amide bonds. The summed E-state index contributed by atoms with van der Waals surface area (Å²) in [5.41, 5.74) is 3.15. The van der Waals surface area contributed by atoms with Crippen molar-refractivity contribution in [2.24, 2.45) is 0 Å². The molecular formula is C18H18ClN5O. The minimum Gasteiger partial charge on any atom is -0.354 e. The largest absolute Gasteiger partial charge is 0.354 e. The zero-order valence-electron chi connectivity index (χ0n) is 13.8. The molecule has 1 heterocycles. The van der Waals surface area contributed by atoms with Gasteiger partial charge in [0, 0.05) is 17.1 Å². The van der Waals surface area contributed by atoms with Crippen molar-refractivity contribution in [3.8, 4) is 11.4 Å². The van der Waals surface area contributed by atoms with Crippen LogP contribution in [0, 0.1) is 6.92 Å². The van der Waals surface area contributed by atoms with Gasteiger partial charge in [0.25, 0.3) is 0 Å². The number of halogens is 1. The van der Waals surface area contributed by atoms with Gasteiger partial charge in [-0.25, -0.2) is 0 Å². The molecule has 0 aliphatic carbocycles. The maximum Gasteiger partial charge on any atom is 0.243 e. The molecule has 0 spiro atoms. The van der Waals surface area contributed by atoms with Gasteiger partial charge in [0.1, 0.15) is 6.54 Å². The number of amides is 1. The molecule has 2 aromatic carbocycles. The van der Waals surface area contributed by atoms with Crippen molar-refractivity contribution in [3.05, 3.63) is 64.7 Å². The predicted molar refractivity (Wildman–Crippen MR) is 96.2 cm³/mol. The fourth-order valence-corrected chi connectivity index (χ4v) is 2.44. The molecule has 0 fully saturated rings. The molecule has 25 heavy (non-hydrogen) atoms. The molecule has 3 rings (SSSR count). The summed E-state index contributed by atoms with van der Waals surface area (Å²) in [6, 6.07) is 15.4. The number of rotatable bonds is 6. The molecule has 3 aromatic rings. The zero-order valence-corrected chi connectivity index (χ0v) is 14.6. The Kier molecular flexibility index (Phi) is 5.40. The lowest BCUT2D eigenvalue weighted by Crippen LogP contribution is -2.30. The molecule has 128 valence electrons. The first-order valence-corrected chi connectivity index (χ1v) is 8.34. The number of hydrogen-bond acceptors (Lipinski definition) is 4. The second-order valence-electron chi connectivity index (χ2n) is 5.74. The normalized spacial score (nSPS) is 10.6. The van der Waals surface area contributed by atoms with Crippen LogP contribution in [0.5, 0.6) is 0 Å². The fraction of sp³-hybridized carbons (Fsp3) is 0.222. The topological polar surface area (TPSA) is 72.7 Å². The summed E-state index contributed by atoms with van der Waals surface area (Å²) in [5.74, 6) is 0.357. The third-order valence-electron chi connectivity index (χ3n) is 3.70. The second kappa shape index (κ2) is 7.90. The number of carbonyl (C=O) groups excluding carboxylic acids is 1. The van der Waals surface area contributed by atoms with E-state index in [9.17, 15) is 4.79 Å². The highest BCUT2D eigenvalue weighted by Gasteiger charge is 2.09. The molecule has 0 unspecified atom stereocenters. The number of carbonyl (C=O) groups is 1. The van der Waals surface area contributed by atoms with E-state index < -0.39 is 0 Å². The summed E-state index contributed by atoms with van der Waals surface area (Å²) in [6.45, 7) is 2.60. The van der Waals surface area contributed by atoms with Crippen molar-refractivity contribution in [3.63, 3.8) is 0 Å². The van der Waals surface area contributed by atoms with Crippen LogP contribution in [0.25, 0.3) is 11.4 Å². The van der Waals surface area contributed by atoms with Crippen molar-refractivity contribution >= 4 is 17.5 Å². The third kappa shape index (κ3) is 4.87. The summed E-state index contributed by atoms with van der Waals surface area (Å²) >= 11 is 5.85. The average molecular weight is 356 g/mol. The molecule has 0 aliphatic heterocycles. The van der Waals surface area contributed by atoms with Gasteiger partial charge in [0.15, 0.2) is 0 Å². The maximum absolute atomic E-state index is 12.0. The van der Waals surface area contributed by atoms with E-state index in [1.807, 2.05) is 55.5 Å². The molecule has 1 aromatic heterocycles. The van der Waals surface area contributed by atoms with Gasteiger partial charge < -0.3 is 5.32 Å². The number of nitrogens with one attached hydrogen (secondary N) is 1. The first kappa shape index (κ1) is 17.1. The van der Waals surface area contributed by atoms with Crippen molar-refractivity contribution in [2.45, 2.75) is 19.9 Å². The quantitative estimate of drug-likeness (QED) is 0.737. The van der Waals surface area contributed by atoms with Crippen LogP contribution in [0.2, 0.25) is 5.02 Å². The number of tetrazole rings is 1. The Hall–Kier alpha value is -2.73. The number of aromatic nitrogens is 4. The molecule has 0 saturated carbocycles. The Morgan fingerprint density at radius 3 is 2.56 bits per heavy atom. The smallest absolute Gasteiger partial charge is 0.243 e. The summed E-state index contributed by atoms with van der Waals surface area (Å²) in [7, 11) is 0. The van der Waals surface area contributed by atoms with E-state index in [-0.39, 0.29) is 12.5 Å².